The third-order valence-corrected chi connectivity index (χ3v) is 3.54. The molecule has 1 aliphatic rings. The van der Waals surface area contributed by atoms with Crippen molar-refractivity contribution in [2.75, 3.05) is 6.54 Å². The molecule has 110 valence electrons. The van der Waals surface area contributed by atoms with Crippen LogP contribution in [0.2, 0.25) is 0 Å². The van der Waals surface area contributed by atoms with E-state index in [1.54, 1.807) is 0 Å². The second-order valence-corrected chi connectivity index (χ2v) is 5.14. The van der Waals surface area contributed by atoms with E-state index in [-0.39, 0.29) is 18.6 Å². The zero-order valence-corrected chi connectivity index (χ0v) is 10.8. The van der Waals surface area contributed by atoms with Gasteiger partial charge in [0.2, 0.25) is 0 Å². The van der Waals surface area contributed by atoms with Gasteiger partial charge in [-0.1, -0.05) is 6.42 Å². The topological polar surface area (TPSA) is 49.3 Å². The van der Waals surface area contributed by atoms with Gasteiger partial charge in [-0.05, 0) is 25.2 Å². The van der Waals surface area contributed by atoms with Crippen molar-refractivity contribution < 1.29 is 23.1 Å². The number of amides is 1. The van der Waals surface area contributed by atoms with Crippen molar-refractivity contribution >= 4 is 5.91 Å². The van der Waals surface area contributed by atoms with Crippen LogP contribution in [0.5, 0.6) is 0 Å². The monoisotopic (exact) mass is 287 g/mol. The van der Waals surface area contributed by atoms with Gasteiger partial charge in [-0.2, -0.15) is 0 Å². The maximum atomic E-state index is 13.4. The minimum atomic E-state index is -1.22. The maximum absolute atomic E-state index is 13.4. The fourth-order valence-electron chi connectivity index (χ4n) is 2.53. The quantitative estimate of drug-likeness (QED) is 0.896. The fourth-order valence-corrected chi connectivity index (χ4v) is 2.53. The average Bonchev–Trinajstić information content (AvgIpc) is 2.35. The predicted molar refractivity (Wildman–Crippen MR) is 66.6 cm³/mol. The smallest absolute Gasteiger partial charge is 0.257 e. The Hall–Kier alpha value is -1.56. The molecule has 0 radical (unpaired) electrons. The number of carbonyl (C=O) groups is 1. The van der Waals surface area contributed by atoms with E-state index >= 15 is 0 Å². The Labute approximate surface area is 114 Å². The minimum Gasteiger partial charge on any atom is -0.393 e. The van der Waals surface area contributed by atoms with Crippen LogP contribution in [0.15, 0.2) is 12.1 Å². The molecule has 1 aromatic rings. The van der Waals surface area contributed by atoms with E-state index in [4.69, 9.17) is 0 Å². The highest BCUT2D eigenvalue weighted by Crippen LogP contribution is 2.23. The number of carbonyl (C=O) groups excluding carboxylic acids is 1. The molecular formula is C14H16F3NO2. The van der Waals surface area contributed by atoms with Crippen LogP contribution in [0.1, 0.15) is 36.0 Å². The summed E-state index contributed by atoms with van der Waals surface area (Å²) in [7, 11) is 0. The van der Waals surface area contributed by atoms with Gasteiger partial charge < -0.3 is 10.4 Å². The Bertz CT molecular complexity index is 484. The van der Waals surface area contributed by atoms with E-state index < -0.39 is 28.9 Å². The molecule has 3 nitrogen and oxygen atoms in total. The molecule has 2 atom stereocenters. The van der Waals surface area contributed by atoms with Crippen molar-refractivity contribution in [3.8, 4) is 0 Å². The van der Waals surface area contributed by atoms with Crippen LogP contribution in [0, 0.1) is 23.4 Å². The third kappa shape index (κ3) is 3.50. The van der Waals surface area contributed by atoms with Crippen molar-refractivity contribution in [1.29, 1.82) is 0 Å². The Kier molecular flexibility index (Phi) is 4.65. The Morgan fingerprint density at radius 2 is 1.90 bits per heavy atom. The molecule has 0 aliphatic heterocycles. The summed E-state index contributed by atoms with van der Waals surface area (Å²) in [6, 6.07) is 0.949. The van der Waals surface area contributed by atoms with E-state index in [0.717, 1.165) is 19.3 Å². The molecule has 0 spiro atoms. The first-order chi connectivity index (χ1) is 9.47. The van der Waals surface area contributed by atoms with Gasteiger partial charge in [-0.15, -0.1) is 0 Å². The molecule has 2 unspecified atom stereocenters. The highest BCUT2D eigenvalue weighted by molar-refractivity contribution is 5.94. The molecule has 1 saturated carbocycles. The molecule has 1 amide bonds. The molecule has 6 heteroatoms. The Morgan fingerprint density at radius 3 is 2.50 bits per heavy atom. The Balaban J connectivity index is 1.98. The second-order valence-electron chi connectivity index (χ2n) is 5.14. The first-order valence-electron chi connectivity index (χ1n) is 6.58. The molecule has 0 bridgehead atoms. The standard InChI is InChI=1S/C14H16F3NO2/c15-9-5-11(16)13(12(17)6-9)14(20)18-7-8-2-1-3-10(19)4-8/h5-6,8,10,19H,1-4,7H2,(H,18,20). The lowest BCUT2D eigenvalue weighted by molar-refractivity contribution is 0.0867. The van der Waals surface area contributed by atoms with Crippen LogP contribution >= 0.6 is 0 Å². The van der Waals surface area contributed by atoms with E-state index in [1.165, 1.54) is 0 Å². The fraction of sp³-hybridized carbons (Fsp3) is 0.500. The normalized spacial score (nSPS) is 22.6. The highest BCUT2D eigenvalue weighted by Gasteiger charge is 2.23. The molecule has 0 aromatic heterocycles. The zero-order valence-electron chi connectivity index (χ0n) is 10.8. The summed E-state index contributed by atoms with van der Waals surface area (Å²) in [5, 5.41) is 11.9. The molecule has 1 aromatic carbocycles. The lowest BCUT2D eigenvalue weighted by Gasteiger charge is -2.25. The van der Waals surface area contributed by atoms with E-state index in [2.05, 4.69) is 5.32 Å². The van der Waals surface area contributed by atoms with Crippen LogP contribution < -0.4 is 5.32 Å². The van der Waals surface area contributed by atoms with Crippen LogP contribution in [0.3, 0.4) is 0 Å². The van der Waals surface area contributed by atoms with Crippen molar-refractivity contribution in [3.63, 3.8) is 0 Å². The molecule has 20 heavy (non-hydrogen) atoms. The number of nitrogens with one attached hydrogen (secondary N) is 1. The van der Waals surface area contributed by atoms with Gasteiger partial charge >= 0.3 is 0 Å². The van der Waals surface area contributed by atoms with E-state index in [0.29, 0.717) is 18.6 Å². The number of hydrogen-bond acceptors (Lipinski definition) is 2. The number of rotatable bonds is 3. The number of aliphatic hydroxyl groups is 1. The van der Waals surface area contributed by atoms with Gasteiger partial charge in [-0.25, -0.2) is 13.2 Å². The van der Waals surface area contributed by atoms with Crippen LogP contribution in [0.4, 0.5) is 13.2 Å². The number of aliphatic hydroxyl groups excluding tert-OH is 1. The Morgan fingerprint density at radius 1 is 1.25 bits per heavy atom. The summed E-state index contributed by atoms with van der Waals surface area (Å²) >= 11 is 0. The largest absolute Gasteiger partial charge is 0.393 e. The van der Waals surface area contributed by atoms with Crippen molar-refractivity contribution in [2.45, 2.75) is 31.8 Å². The number of benzene rings is 1. The second kappa shape index (κ2) is 6.26. The SMILES string of the molecule is O=C(NCC1CCCC(O)C1)c1c(F)cc(F)cc1F. The van der Waals surface area contributed by atoms with Crippen LogP contribution in [-0.4, -0.2) is 23.7 Å². The lowest BCUT2D eigenvalue weighted by Crippen LogP contribution is -2.33. The molecule has 0 saturated heterocycles. The van der Waals surface area contributed by atoms with Crippen molar-refractivity contribution in [3.05, 3.63) is 35.1 Å². The molecule has 1 fully saturated rings. The predicted octanol–water partition coefficient (Wildman–Crippen LogP) is 2.38. The summed E-state index contributed by atoms with van der Waals surface area (Å²) in [6.45, 7) is 0.242. The number of hydrogen-bond donors (Lipinski definition) is 2. The molecule has 2 rings (SSSR count). The minimum absolute atomic E-state index is 0.0919. The van der Waals surface area contributed by atoms with Crippen molar-refractivity contribution in [2.24, 2.45) is 5.92 Å². The van der Waals surface area contributed by atoms with E-state index in [9.17, 15) is 23.1 Å². The third-order valence-electron chi connectivity index (χ3n) is 3.54. The summed E-state index contributed by atoms with van der Waals surface area (Å²) in [4.78, 5) is 11.7. The summed E-state index contributed by atoms with van der Waals surface area (Å²) in [5.74, 6) is -4.31. The van der Waals surface area contributed by atoms with Gasteiger partial charge in [0.25, 0.3) is 5.91 Å². The van der Waals surface area contributed by atoms with E-state index in [1.807, 2.05) is 0 Å². The zero-order chi connectivity index (χ0) is 14.7. The summed E-state index contributed by atoms with van der Waals surface area (Å²) < 4.78 is 39.6. The maximum Gasteiger partial charge on any atom is 0.257 e. The molecule has 1 aliphatic carbocycles. The van der Waals surface area contributed by atoms with Gasteiger partial charge in [0.15, 0.2) is 0 Å². The van der Waals surface area contributed by atoms with Crippen LogP contribution in [0.25, 0.3) is 0 Å². The summed E-state index contributed by atoms with van der Waals surface area (Å²) in [6.07, 6.45) is 2.64. The first kappa shape index (κ1) is 14.8. The molecule has 0 heterocycles. The first-order valence-corrected chi connectivity index (χ1v) is 6.58. The average molecular weight is 287 g/mol. The van der Waals surface area contributed by atoms with Gasteiger partial charge in [0.05, 0.1) is 6.10 Å². The molecule has 2 N–H and O–H groups in total. The lowest BCUT2D eigenvalue weighted by atomic mass is 9.87. The van der Waals surface area contributed by atoms with Crippen molar-refractivity contribution in [1.82, 2.24) is 5.32 Å². The summed E-state index contributed by atoms with van der Waals surface area (Å²) in [5.41, 5.74) is -0.775. The molecular weight excluding hydrogens is 271 g/mol. The van der Waals surface area contributed by atoms with Gasteiger partial charge in [-0.3, -0.25) is 4.79 Å². The highest BCUT2D eigenvalue weighted by atomic mass is 19.1. The number of halogens is 3. The van der Waals surface area contributed by atoms with Gasteiger partial charge in [0.1, 0.15) is 23.0 Å². The van der Waals surface area contributed by atoms with Crippen LogP contribution in [-0.2, 0) is 0 Å². The van der Waals surface area contributed by atoms with Gasteiger partial charge in [0, 0.05) is 18.7 Å².